The van der Waals surface area contributed by atoms with Crippen LogP contribution < -0.4 is 10.5 Å². The molecular weight excluding hydrogens is 225 g/mol. The predicted octanol–water partition coefficient (Wildman–Crippen LogP) is 2.13. The van der Waals surface area contributed by atoms with Crippen LogP contribution in [0.25, 0.3) is 0 Å². The van der Waals surface area contributed by atoms with Gasteiger partial charge in [0.05, 0.1) is 18.9 Å². The monoisotopic (exact) mass is 241 g/mol. The molecule has 0 spiro atoms. The van der Waals surface area contributed by atoms with Crippen molar-refractivity contribution in [2.45, 2.75) is 19.8 Å². The van der Waals surface area contributed by atoms with E-state index in [1.165, 1.54) is 18.2 Å². The lowest BCUT2D eigenvalue weighted by Gasteiger charge is -2.08. The summed E-state index contributed by atoms with van der Waals surface area (Å²) in [6.45, 7) is 2.42. The molecule has 4 nitrogen and oxygen atoms in total. The Balaban J connectivity index is 2.31. The van der Waals surface area contributed by atoms with Gasteiger partial charge in [0.25, 0.3) is 0 Å². The van der Waals surface area contributed by atoms with Crippen LogP contribution in [0.2, 0.25) is 0 Å². The number of ether oxygens (including phenoxy) is 2. The summed E-state index contributed by atoms with van der Waals surface area (Å²) >= 11 is 0. The maximum atomic E-state index is 12.9. The molecule has 0 unspecified atom stereocenters. The molecule has 1 aromatic rings. The van der Waals surface area contributed by atoms with Crippen molar-refractivity contribution in [3.05, 3.63) is 24.0 Å². The number of carbonyl (C=O) groups is 1. The summed E-state index contributed by atoms with van der Waals surface area (Å²) in [6.07, 6.45) is 0.790. The van der Waals surface area contributed by atoms with E-state index in [2.05, 4.69) is 0 Å². The quantitative estimate of drug-likeness (QED) is 0.471. The lowest BCUT2D eigenvalue weighted by Crippen LogP contribution is -2.07. The van der Waals surface area contributed by atoms with E-state index in [1.807, 2.05) is 0 Å². The average molecular weight is 241 g/mol. The van der Waals surface area contributed by atoms with Gasteiger partial charge in [0, 0.05) is 12.5 Å². The molecule has 0 radical (unpaired) electrons. The zero-order chi connectivity index (χ0) is 12.7. The Kier molecular flexibility index (Phi) is 5.26. The van der Waals surface area contributed by atoms with Crippen LogP contribution in [0.5, 0.6) is 5.75 Å². The Morgan fingerprint density at radius 2 is 2.24 bits per heavy atom. The van der Waals surface area contributed by atoms with E-state index in [0.29, 0.717) is 31.1 Å². The Morgan fingerprint density at radius 1 is 1.47 bits per heavy atom. The smallest absolute Gasteiger partial charge is 0.305 e. The first-order chi connectivity index (χ1) is 8.13. The van der Waals surface area contributed by atoms with Gasteiger partial charge in [0.2, 0.25) is 0 Å². The van der Waals surface area contributed by atoms with Crippen LogP contribution in [0.15, 0.2) is 18.2 Å². The minimum absolute atomic E-state index is 0.261. The lowest BCUT2D eigenvalue weighted by atomic mass is 10.3. The minimum Gasteiger partial charge on any atom is -0.491 e. The number of hydrogen-bond acceptors (Lipinski definition) is 4. The van der Waals surface area contributed by atoms with Crippen molar-refractivity contribution < 1.29 is 18.7 Å². The van der Waals surface area contributed by atoms with Gasteiger partial charge in [-0.1, -0.05) is 0 Å². The first-order valence-electron chi connectivity index (χ1n) is 5.47. The van der Waals surface area contributed by atoms with Crippen molar-refractivity contribution in [2.24, 2.45) is 0 Å². The van der Waals surface area contributed by atoms with E-state index in [9.17, 15) is 9.18 Å². The molecule has 0 saturated carbocycles. The standard InChI is InChI=1S/C12H16FNO3/c1-2-16-12(15)4-3-7-17-11-8-9(13)5-6-10(11)14/h5-6,8H,2-4,7,14H2,1H3. The Morgan fingerprint density at radius 3 is 2.94 bits per heavy atom. The summed E-state index contributed by atoms with van der Waals surface area (Å²) in [5.41, 5.74) is 5.97. The van der Waals surface area contributed by atoms with Crippen LogP contribution in [0.4, 0.5) is 10.1 Å². The second-order valence-electron chi connectivity index (χ2n) is 3.44. The predicted molar refractivity (Wildman–Crippen MR) is 62.2 cm³/mol. The average Bonchev–Trinajstić information content (AvgIpc) is 2.29. The minimum atomic E-state index is -0.403. The molecule has 17 heavy (non-hydrogen) atoms. The van der Waals surface area contributed by atoms with E-state index in [4.69, 9.17) is 15.2 Å². The first kappa shape index (κ1) is 13.3. The molecule has 0 aromatic heterocycles. The summed E-state index contributed by atoms with van der Waals surface area (Å²) in [7, 11) is 0. The molecule has 0 bridgehead atoms. The van der Waals surface area contributed by atoms with E-state index in [-0.39, 0.29) is 12.4 Å². The molecule has 1 rings (SSSR count). The number of esters is 1. The molecule has 0 aliphatic rings. The largest absolute Gasteiger partial charge is 0.491 e. The molecular formula is C12H16FNO3. The second-order valence-corrected chi connectivity index (χ2v) is 3.44. The highest BCUT2D eigenvalue weighted by Crippen LogP contribution is 2.22. The number of anilines is 1. The summed E-state index contributed by atoms with van der Waals surface area (Å²) in [5.74, 6) is -0.364. The Labute approximate surface area is 99.5 Å². The van der Waals surface area contributed by atoms with Gasteiger partial charge in [-0.3, -0.25) is 4.79 Å². The summed E-state index contributed by atoms with van der Waals surface area (Å²) in [4.78, 5) is 11.0. The topological polar surface area (TPSA) is 61.5 Å². The van der Waals surface area contributed by atoms with Gasteiger partial charge in [0.15, 0.2) is 0 Å². The fraction of sp³-hybridized carbons (Fsp3) is 0.417. The van der Waals surface area contributed by atoms with Gasteiger partial charge >= 0.3 is 5.97 Å². The third kappa shape index (κ3) is 4.72. The SMILES string of the molecule is CCOC(=O)CCCOc1cc(F)ccc1N. The highest BCUT2D eigenvalue weighted by atomic mass is 19.1. The molecule has 0 aliphatic carbocycles. The van der Waals surface area contributed by atoms with Crippen molar-refractivity contribution in [3.63, 3.8) is 0 Å². The van der Waals surface area contributed by atoms with Crippen LogP contribution in [0.1, 0.15) is 19.8 Å². The molecule has 1 aromatic carbocycles. The summed E-state index contributed by atoms with van der Waals surface area (Å²) in [5, 5.41) is 0. The molecule has 0 heterocycles. The van der Waals surface area contributed by atoms with Crippen molar-refractivity contribution in [1.29, 1.82) is 0 Å². The number of hydrogen-bond donors (Lipinski definition) is 1. The van der Waals surface area contributed by atoms with Crippen LogP contribution in [-0.2, 0) is 9.53 Å². The summed E-state index contributed by atoms with van der Waals surface area (Å²) < 4.78 is 22.9. The van der Waals surface area contributed by atoms with Gasteiger partial charge in [-0.15, -0.1) is 0 Å². The molecule has 0 saturated heterocycles. The van der Waals surface area contributed by atoms with E-state index in [0.717, 1.165) is 0 Å². The number of benzene rings is 1. The first-order valence-corrected chi connectivity index (χ1v) is 5.47. The highest BCUT2D eigenvalue weighted by molar-refractivity contribution is 5.69. The molecule has 0 amide bonds. The zero-order valence-electron chi connectivity index (χ0n) is 9.74. The van der Waals surface area contributed by atoms with Gasteiger partial charge in [-0.05, 0) is 25.5 Å². The van der Waals surface area contributed by atoms with Crippen LogP contribution in [-0.4, -0.2) is 19.2 Å². The summed E-state index contributed by atoms with van der Waals surface area (Å²) in [6, 6.07) is 3.93. The van der Waals surface area contributed by atoms with E-state index < -0.39 is 5.82 Å². The number of nitrogen functional groups attached to an aromatic ring is 1. The van der Waals surface area contributed by atoms with E-state index in [1.54, 1.807) is 6.92 Å². The molecule has 94 valence electrons. The molecule has 0 aliphatic heterocycles. The number of rotatable bonds is 6. The molecule has 0 atom stereocenters. The zero-order valence-corrected chi connectivity index (χ0v) is 9.74. The van der Waals surface area contributed by atoms with Gasteiger partial charge < -0.3 is 15.2 Å². The second kappa shape index (κ2) is 6.73. The third-order valence-electron chi connectivity index (χ3n) is 2.06. The fourth-order valence-electron chi connectivity index (χ4n) is 1.26. The number of carbonyl (C=O) groups excluding carboxylic acids is 1. The van der Waals surface area contributed by atoms with E-state index >= 15 is 0 Å². The van der Waals surface area contributed by atoms with Crippen LogP contribution >= 0.6 is 0 Å². The third-order valence-corrected chi connectivity index (χ3v) is 2.06. The molecule has 5 heteroatoms. The van der Waals surface area contributed by atoms with Crippen molar-refractivity contribution in [1.82, 2.24) is 0 Å². The van der Waals surface area contributed by atoms with Gasteiger partial charge in [-0.25, -0.2) is 4.39 Å². The lowest BCUT2D eigenvalue weighted by molar-refractivity contribution is -0.143. The Hall–Kier alpha value is -1.78. The van der Waals surface area contributed by atoms with Crippen LogP contribution in [0, 0.1) is 5.82 Å². The molecule has 0 fully saturated rings. The van der Waals surface area contributed by atoms with Crippen molar-refractivity contribution in [2.75, 3.05) is 18.9 Å². The van der Waals surface area contributed by atoms with Crippen molar-refractivity contribution >= 4 is 11.7 Å². The fourth-order valence-corrected chi connectivity index (χ4v) is 1.26. The van der Waals surface area contributed by atoms with Gasteiger partial charge in [-0.2, -0.15) is 0 Å². The normalized spacial score (nSPS) is 10.0. The number of nitrogens with two attached hydrogens (primary N) is 1. The molecule has 2 N–H and O–H groups in total. The maximum Gasteiger partial charge on any atom is 0.305 e. The maximum absolute atomic E-state index is 12.9. The Bertz CT molecular complexity index is 382. The van der Waals surface area contributed by atoms with Crippen LogP contribution in [0.3, 0.4) is 0 Å². The highest BCUT2D eigenvalue weighted by Gasteiger charge is 2.04. The number of halogens is 1. The van der Waals surface area contributed by atoms with Crippen molar-refractivity contribution in [3.8, 4) is 5.75 Å². The van der Waals surface area contributed by atoms with Gasteiger partial charge in [0.1, 0.15) is 11.6 Å².